The van der Waals surface area contributed by atoms with Crippen molar-refractivity contribution in [1.29, 1.82) is 5.26 Å². The molecule has 0 saturated heterocycles. The molecule has 1 atom stereocenters. The van der Waals surface area contributed by atoms with E-state index in [-0.39, 0.29) is 6.04 Å². The Labute approximate surface area is 95.5 Å². The third kappa shape index (κ3) is 2.74. The Morgan fingerprint density at radius 2 is 1.87 bits per heavy atom. The van der Waals surface area contributed by atoms with E-state index < -0.39 is 5.41 Å². The third-order valence-corrected chi connectivity index (χ3v) is 3.28. The van der Waals surface area contributed by atoms with Crippen molar-refractivity contribution in [1.82, 2.24) is 0 Å². The molecule has 1 rings (SSSR count). The van der Waals surface area contributed by atoms with Gasteiger partial charge in [0.25, 0.3) is 0 Å². The molecule has 0 fully saturated rings. The molecule has 0 saturated carbocycles. The van der Waals surface area contributed by atoms with Gasteiger partial charge in [-0.25, -0.2) is 0 Å². The molecule has 2 nitrogen and oxygen atoms in total. The van der Waals surface area contributed by atoms with Gasteiger partial charge in [0.05, 0.1) is 11.5 Å². The fourth-order valence-electron chi connectivity index (χ4n) is 1.30. The lowest BCUT2D eigenvalue weighted by atomic mass is 9.82. The normalized spacial score (nSPS) is 13.3. The van der Waals surface area contributed by atoms with Gasteiger partial charge in [-0.2, -0.15) is 5.26 Å². The summed E-state index contributed by atoms with van der Waals surface area (Å²) in [6, 6.07) is 10.1. The van der Waals surface area contributed by atoms with Crippen molar-refractivity contribution in [3.05, 3.63) is 29.8 Å². The van der Waals surface area contributed by atoms with Crippen molar-refractivity contribution in [2.24, 2.45) is 11.1 Å². The van der Waals surface area contributed by atoms with Crippen LogP contribution in [0.2, 0.25) is 0 Å². The average molecular weight is 220 g/mol. The summed E-state index contributed by atoms with van der Waals surface area (Å²) in [5.74, 6) is 0. The summed E-state index contributed by atoms with van der Waals surface area (Å²) < 4.78 is 0. The number of nitrogens with two attached hydrogens (primary N) is 1. The Balaban J connectivity index is 2.93. The van der Waals surface area contributed by atoms with E-state index in [0.717, 1.165) is 5.56 Å². The topological polar surface area (TPSA) is 49.8 Å². The highest BCUT2D eigenvalue weighted by molar-refractivity contribution is 7.98. The largest absolute Gasteiger partial charge is 0.323 e. The van der Waals surface area contributed by atoms with E-state index in [1.165, 1.54) is 4.90 Å². The van der Waals surface area contributed by atoms with Crippen molar-refractivity contribution in [2.75, 3.05) is 6.26 Å². The first-order chi connectivity index (χ1) is 7.01. The molecule has 1 unspecified atom stereocenters. The summed E-state index contributed by atoms with van der Waals surface area (Å²) in [5.41, 5.74) is 6.53. The minimum atomic E-state index is -0.527. The fourth-order valence-corrected chi connectivity index (χ4v) is 1.71. The van der Waals surface area contributed by atoms with Gasteiger partial charge in [-0.15, -0.1) is 11.8 Å². The molecule has 0 bridgehead atoms. The van der Waals surface area contributed by atoms with E-state index in [9.17, 15) is 0 Å². The van der Waals surface area contributed by atoms with Gasteiger partial charge in [0.15, 0.2) is 0 Å². The Bertz CT molecular complexity index is 362. The first-order valence-corrected chi connectivity index (χ1v) is 6.04. The summed E-state index contributed by atoms with van der Waals surface area (Å²) in [6.07, 6.45) is 2.04. The van der Waals surface area contributed by atoms with E-state index >= 15 is 0 Å². The molecule has 80 valence electrons. The van der Waals surface area contributed by atoms with Crippen LogP contribution in [0.15, 0.2) is 29.2 Å². The van der Waals surface area contributed by atoms with Gasteiger partial charge in [0, 0.05) is 10.9 Å². The van der Waals surface area contributed by atoms with E-state index in [1.54, 1.807) is 11.8 Å². The predicted molar refractivity (Wildman–Crippen MR) is 64.5 cm³/mol. The zero-order valence-corrected chi connectivity index (χ0v) is 10.1. The first-order valence-electron chi connectivity index (χ1n) is 4.82. The molecule has 0 aliphatic heterocycles. The van der Waals surface area contributed by atoms with Gasteiger partial charge in [-0.3, -0.25) is 0 Å². The van der Waals surface area contributed by atoms with Crippen molar-refractivity contribution in [2.45, 2.75) is 24.8 Å². The van der Waals surface area contributed by atoms with E-state index in [4.69, 9.17) is 11.0 Å². The van der Waals surface area contributed by atoms with Crippen LogP contribution in [0, 0.1) is 16.7 Å². The van der Waals surface area contributed by atoms with Crippen molar-refractivity contribution < 1.29 is 0 Å². The van der Waals surface area contributed by atoms with Gasteiger partial charge < -0.3 is 5.73 Å². The average Bonchev–Trinajstić information content (AvgIpc) is 2.28. The highest BCUT2D eigenvalue weighted by atomic mass is 32.2. The van der Waals surface area contributed by atoms with Crippen LogP contribution in [-0.2, 0) is 0 Å². The van der Waals surface area contributed by atoms with E-state index in [0.29, 0.717) is 0 Å². The molecule has 0 heterocycles. The van der Waals surface area contributed by atoms with Crippen LogP contribution in [0.5, 0.6) is 0 Å². The quantitative estimate of drug-likeness (QED) is 0.797. The highest BCUT2D eigenvalue weighted by Gasteiger charge is 2.27. The van der Waals surface area contributed by atoms with Crippen LogP contribution >= 0.6 is 11.8 Å². The van der Waals surface area contributed by atoms with Gasteiger partial charge in [0.1, 0.15) is 0 Å². The molecule has 2 N–H and O–H groups in total. The summed E-state index contributed by atoms with van der Waals surface area (Å²) in [7, 11) is 0. The molecular formula is C12H16N2S. The molecule has 15 heavy (non-hydrogen) atoms. The summed E-state index contributed by atoms with van der Waals surface area (Å²) in [4.78, 5) is 1.21. The molecule has 0 spiro atoms. The van der Waals surface area contributed by atoms with Crippen LogP contribution in [-0.4, -0.2) is 6.26 Å². The monoisotopic (exact) mass is 220 g/mol. The second-order valence-electron chi connectivity index (χ2n) is 4.08. The maximum Gasteiger partial charge on any atom is 0.0710 e. The van der Waals surface area contributed by atoms with Gasteiger partial charge in [-0.05, 0) is 37.8 Å². The number of thioether (sulfide) groups is 1. The van der Waals surface area contributed by atoms with Crippen LogP contribution in [0.25, 0.3) is 0 Å². The Hall–Kier alpha value is -0.980. The lowest BCUT2D eigenvalue weighted by molar-refractivity contribution is 0.393. The van der Waals surface area contributed by atoms with Gasteiger partial charge >= 0.3 is 0 Å². The second-order valence-corrected chi connectivity index (χ2v) is 4.96. The van der Waals surface area contributed by atoms with Crippen molar-refractivity contribution >= 4 is 11.8 Å². The second kappa shape index (κ2) is 4.69. The molecular weight excluding hydrogens is 204 g/mol. The van der Waals surface area contributed by atoms with Crippen LogP contribution < -0.4 is 5.73 Å². The lowest BCUT2D eigenvalue weighted by Crippen LogP contribution is -2.27. The Morgan fingerprint density at radius 3 is 2.27 bits per heavy atom. The molecule has 0 amide bonds. The Kier molecular flexibility index (Phi) is 3.78. The van der Waals surface area contributed by atoms with Gasteiger partial charge in [-0.1, -0.05) is 12.1 Å². The molecule has 0 radical (unpaired) electrons. The standard InChI is InChI=1S/C12H16N2S/c1-12(2,8-13)11(14)9-4-6-10(15-3)7-5-9/h4-7,11H,14H2,1-3H3. The van der Waals surface area contributed by atoms with Crippen molar-refractivity contribution in [3.63, 3.8) is 0 Å². The molecule has 0 aromatic heterocycles. The van der Waals surface area contributed by atoms with Gasteiger partial charge in [0.2, 0.25) is 0 Å². The zero-order chi connectivity index (χ0) is 11.5. The maximum atomic E-state index is 8.99. The minimum Gasteiger partial charge on any atom is -0.323 e. The van der Waals surface area contributed by atoms with Crippen LogP contribution in [0.3, 0.4) is 0 Å². The third-order valence-electron chi connectivity index (χ3n) is 2.54. The number of rotatable bonds is 3. The summed E-state index contributed by atoms with van der Waals surface area (Å²) in [6.45, 7) is 3.72. The minimum absolute atomic E-state index is 0.238. The molecule has 0 aliphatic rings. The first kappa shape index (κ1) is 12.1. The number of benzene rings is 1. The summed E-state index contributed by atoms with van der Waals surface area (Å²) in [5, 5.41) is 8.99. The number of hydrogen-bond donors (Lipinski definition) is 1. The van der Waals surface area contributed by atoms with E-state index in [1.807, 2.05) is 44.4 Å². The molecule has 3 heteroatoms. The van der Waals surface area contributed by atoms with Crippen molar-refractivity contribution in [3.8, 4) is 6.07 Å². The van der Waals surface area contributed by atoms with Crippen LogP contribution in [0.4, 0.5) is 0 Å². The SMILES string of the molecule is CSc1ccc(C(N)C(C)(C)C#N)cc1. The summed E-state index contributed by atoms with van der Waals surface area (Å²) >= 11 is 1.70. The molecule has 1 aromatic carbocycles. The Morgan fingerprint density at radius 1 is 1.33 bits per heavy atom. The number of hydrogen-bond acceptors (Lipinski definition) is 3. The lowest BCUT2D eigenvalue weighted by Gasteiger charge is -2.24. The molecule has 1 aromatic rings. The highest BCUT2D eigenvalue weighted by Crippen LogP contribution is 2.31. The number of nitriles is 1. The fraction of sp³-hybridized carbons (Fsp3) is 0.417. The molecule has 0 aliphatic carbocycles. The van der Waals surface area contributed by atoms with E-state index in [2.05, 4.69) is 6.07 Å². The van der Waals surface area contributed by atoms with Crippen LogP contribution in [0.1, 0.15) is 25.5 Å². The smallest absolute Gasteiger partial charge is 0.0710 e. The number of nitrogens with zero attached hydrogens (tertiary/aromatic N) is 1. The maximum absolute atomic E-state index is 8.99. The predicted octanol–water partition coefficient (Wildman–Crippen LogP) is 2.96. The zero-order valence-electron chi connectivity index (χ0n) is 9.32.